The summed E-state index contributed by atoms with van der Waals surface area (Å²) in [6.07, 6.45) is 1.84. The molecule has 0 saturated heterocycles. The summed E-state index contributed by atoms with van der Waals surface area (Å²) in [4.78, 5) is 15.9. The van der Waals surface area contributed by atoms with Gasteiger partial charge >= 0.3 is 0 Å². The number of halogens is 1. The van der Waals surface area contributed by atoms with Crippen LogP contribution >= 0.6 is 11.6 Å². The van der Waals surface area contributed by atoms with Crippen molar-refractivity contribution >= 4 is 23.2 Å². The average Bonchev–Trinajstić information content (AvgIpc) is 2.44. The van der Waals surface area contributed by atoms with Crippen LogP contribution in [0.25, 0.3) is 0 Å². The molecule has 1 aromatic carbocycles. The number of hydrogen-bond donors (Lipinski definition) is 1. The van der Waals surface area contributed by atoms with Crippen LogP contribution in [0, 0.1) is 6.92 Å². The number of aromatic nitrogens is 1. The van der Waals surface area contributed by atoms with Crippen LogP contribution in [0.2, 0.25) is 5.15 Å². The second-order valence-corrected chi connectivity index (χ2v) is 4.76. The number of anilines is 1. The maximum absolute atomic E-state index is 11.9. The van der Waals surface area contributed by atoms with Gasteiger partial charge in [-0.15, -0.1) is 0 Å². The predicted molar refractivity (Wildman–Crippen MR) is 79.3 cm³/mol. The molecule has 0 radical (unpaired) electrons. The largest absolute Gasteiger partial charge is 0.497 e. The van der Waals surface area contributed by atoms with E-state index in [0.29, 0.717) is 17.3 Å². The van der Waals surface area contributed by atoms with Gasteiger partial charge in [-0.3, -0.25) is 4.79 Å². The van der Waals surface area contributed by atoms with Gasteiger partial charge in [-0.2, -0.15) is 0 Å². The molecule has 1 heterocycles. The first-order valence-electron chi connectivity index (χ1n) is 6.13. The van der Waals surface area contributed by atoms with E-state index in [-0.39, 0.29) is 5.91 Å². The van der Waals surface area contributed by atoms with Crippen LogP contribution in [-0.2, 0) is 11.2 Å². The van der Waals surface area contributed by atoms with Crippen LogP contribution in [0.5, 0.6) is 5.75 Å². The van der Waals surface area contributed by atoms with E-state index in [1.54, 1.807) is 19.4 Å². The van der Waals surface area contributed by atoms with E-state index < -0.39 is 0 Å². The van der Waals surface area contributed by atoms with Gasteiger partial charge in [-0.25, -0.2) is 4.98 Å². The number of aryl methyl sites for hydroxylation is 1. The molecular formula is C15H15ClN2O2. The Bertz CT molecular complexity index is 612. The van der Waals surface area contributed by atoms with E-state index in [2.05, 4.69) is 10.3 Å². The first-order chi connectivity index (χ1) is 9.58. The maximum Gasteiger partial charge on any atom is 0.228 e. The number of nitrogens with zero attached hydrogens (tertiary/aromatic N) is 1. The van der Waals surface area contributed by atoms with E-state index in [0.717, 1.165) is 16.9 Å². The number of hydrogen-bond acceptors (Lipinski definition) is 3. The van der Waals surface area contributed by atoms with Gasteiger partial charge < -0.3 is 10.1 Å². The van der Waals surface area contributed by atoms with Gasteiger partial charge in [-0.05, 0) is 36.2 Å². The summed E-state index contributed by atoms with van der Waals surface area (Å²) in [6.45, 7) is 1.84. The lowest BCUT2D eigenvalue weighted by Crippen LogP contribution is -2.14. The topological polar surface area (TPSA) is 51.2 Å². The van der Waals surface area contributed by atoms with Crippen LogP contribution in [0.1, 0.15) is 11.1 Å². The zero-order valence-electron chi connectivity index (χ0n) is 11.3. The molecule has 0 spiro atoms. The van der Waals surface area contributed by atoms with Crippen molar-refractivity contribution in [3.63, 3.8) is 0 Å². The molecule has 0 fully saturated rings. The molecule has 0 aliphatic heterocycles. The minimum absolute atomic E-state index is 0.0984. The Morgan fingerprint density at radius 2 is 2.05 bits per heavy atom. The van der Waals surface area contributed by atoms with Crippen LogP contribution in [0.15, 0.2) is 36.5 Å². The van der Waals surface area contributed by atoms with Crippen LogP contribution in [-0.4, -0.2) is 18.0 Å². The van der Waals surface area contributed by atoms with Crippen LogP contribution in [0.3, 0.4) is 0 Å². The molecule has 0 aliphatic carbocycles. The third-order valence-electron chi connectivity index (χ3n) is 2.82. The molecule has 2 rings (SSSR count). The highest BCUT2D eigenvalue weighted by atomic mass is 35.5. The first-order valence-corrected chi connectivity index (χ1v) is 6.51. The maximum atomic E-state index is 11.9. The fraction of sp³-hybridized carbons (Fsp3) is 0.200. The SMILES string of the molecule is COc1ccc(CC(=O)Nc2cnc(Cl)c(C)c2)cc1. The number of amides is 1. The second kappa shape index (κ2) is 6.39. The Kier molecular flexibility index (Phi) is 4.58. The lowest BCUT2D eigenvalue weighted by atomic mass is 10.1. The number of benzene rings is 1. The van der Waals surface area contributed by atoms with Crippen molar-refractivity contribution in [1.82, 2.24) is 4.98 Å². The zero-order valence-corrected chi connectivity index (χ0v) is 12.1. The quantitative estimate of drug-likeness (QED) is 0.880. The van der Waals surface area contributed by atoms with Gasteiger partial charge in [0, 0.05) is 0 Å². The minimum Gasteiger partial charge on any atom is -0.497 e. The number of methoxy groups -OCH3 is 1. The van der Waals surface area contributed by atoms with E-state index in [4.69, 9.17) is 16.3 Å². The lowest BCUT2D eigenvalue weighted by molar-refractivity contribution is -0.115. The fourth-order valence-electron chi connectivity index (χ4n) is 1.76. The molecule has 1 amide bonds. The van der Waals surface area contributed by atoms with Crippen LogP contribution < -0.4 is 10.1 Å². The molecule has 5 heteroatoms. The molecule has 0 saturated carbocycles. The predicted octanol–water partition coefficient (Wildman–Crippen LogP) is 3.23. The molecule has 4 nitrogen and oxygen atoms in total. The first kappa shape index (κ1) is 14.3. The summed E-state index contributed by atoms with van der Waals surface area (Å²) < 4.78 is 5.07. The van der Waals surface area contributed by atoms with Crippen molar-refractivity contribution in [2.75, 3.05) is 12.4 Å². The summed E-state index contributed by atoms with van der Waals surface area (Å²) in [5.74, 6) is 0.672. The van der Waals surface area contributed by atoms with Crippen LogP contribution in [0.4, 0.5) is 5.69 Å². The number of pyridine rings is 1. The Balaban J connectivity index is 1.99. The van der Waals surface area contributed by atoms with E-state index >= 15 is 0 Å². The Hall–Kier alpha value is -2.07. The number of nitrogens with one attached hydrogen (secondary N) is 1. The van der Waals surface area contributed by atoms with Crippen molar-refractivity contribution in [2.45, 2.75) is 13.3 Å². The number of rotatable bonds is 4. The van der Waals surface area contributed by atoms with Crippen molar-refractivity contribution in [3.05, 3.63) is 52.8 Å². The van der Waals surface area contributed by atoms with Gasteiger partial charge in [0.25, 0.3) is 0 Å². The van der Waals surface area contributed by atoms with Gasteiger partial charge in [-0.1, -0.05) is 23.7 Å². The summed E-state index contributed by atoms with van der Waals surface area (Å²) in [6, 6.07) is 9.18. The molecule has 104 valence electrons. The van der Waals surface area contributed by atoms with Crippen molar-refractivity contribution in [2.24, 2.45) is 0 Å². The molecule has 0 bridgehead atoms. The monoisotopic (exact) mass is 290 g/mol. The standard InChI is InChI=1S/C15H15ClN2O2/c1-10-7-12(9-17-15(10)16)18-14(19)8-11-3-5-13(20-2)6-4-11/h3-7,9H,8H2,1-2H3,(H,18,19). The van der Waals surface area contributed by atoms with E-state index in [1.807, 2.05) is 31.2 Å². The molecule has 20 heavy (non-hydrogen) atoms. The number of carbonyl (C=O) groups excluding carboxylic acids is 1. The van der Waals surface area contributed by atoms with Gasteiger partial charge in [0.1, 0.15) is 10.9 Å². The Morgan fingerprint density at radius 3 is 2.65 bits per heavy atom. The lowest BCUT2D eigenvalue weighted by Gasteiger charge is -2.07. The second-order valence-electron chi connectivity index (χ2n) is 4.40. The van der Waals surface area contributed by atoms with Gasteiger partial charge in [0.2, 0.25) is 5.91 Å². The van der Waals surface area contributed by atoms with E-state index in [1.165, 1.54) is 0 Å². The third-order valence-corrected chi connectivity index (χ3v) is 3.22. The minimum atomic E-state index is -0.0984. The normalized spacial score (nSPS) is 10.2. The average molecular weight is 291 g/mol. The highest BCUT2D eigenvalue weighted by Gasteiger charge is 2.06. The summed E-state index contributed by atoms with van der Waals surface area (Å²) in [7, 11) is 1.61. The number of ether oxygens (including phenoxy) is 1. The molecule has 0 atom stereocenters. The zero-order chi connectivity index (χ0) is 14.5. The van der Waals surface area contributed by atoms with Crippen molar-refractivity contribution in [1.29, 1.82) is 0 Å². The molecule has 0 unspecified atom stereocenters. The molecule has 1 aromatic heterocycles. The Morgan fingerprint density at radius 1 is 1.35 bits per heavy atom. The fourth-order valence-corrected chi connectivity index (χ4v) is 1.86. The molecular weight excluding hydrogens is 276 g/mol. The summed E-state index contributed by atoms with van der Waals surface area (Å²) >= 11 is 5.84. The molecule has 1 N–H and O–H groups in total. The van der Waals surface area contributed by atoms with Gasteiger partial charge in [0.05, 0.1) is 25.4 Å². The van der Waals surface area contributed by atoms with Gasteiger partial charge in [0.15, 0.2) is 0 Å². The molecule has 2 aromatic rings. The number of carbonyl (C=O) groups is 1. The third kappa shape index (κ3) is 3.71. The highest BCUT2D eigenvalue weighted by molar-refractivity contribution is 6.30. The molecule has 0 aliphatic rings. The van der Waals surface area contributed by atoms with Crippen molar-refractivity contribution < 1.29 is 9.53 Å². The van der Waals surface area contributed by atoms with E-state index in [9.17, 15) is 4.79 Å². The van der Waals surface area contributed by atoms with Crippen molar-refractivity contribution in [3.8, 4) is 5.75 Å². The summed E-state index contributed by atoms with van der Waals surface area (Å²) in [5, 5.41) is 3.24. The highest BCUT2D eigenvalue weighted by Crippen LogP contribution is 2.17. The Labute approximate surface area is 122 Å². The smallest absolute Gasteiger partial charge is 0.228 e. The summed E-state index contributed by atoms with van der Waals surface area (Å²) in [5.41, 5.74) is 2.39.